The molecule has 0 fully saturated rings. The number of aliphatic hydroxyl groups is 2. The van der Waals surface area contributed by atoms with E-state index < -0.39 is 5.60 Å². The minimum Gasteiger partial charge on any atom is -0.396 e. The summed E-state index contributed by atoms with van der Waals surface area (Å²) in [7, 11) is 0. The average Bonchev–Trinajstić information content (AvgIpc) is 2.80. The minimum absolute atomic E-state index is 0.0214. The van der Waals surface area contributed by atoms with Crippen molar-refractivity contribution in [3.63, 3.8) is 0 Å². The lowest BCUT2D eigenvalue weighted by Gasteiger charge is -2.27. The van der Waals surface area contributed by atoms with Gasteiger partial charge in [0.25, 0.3) is 0 Å². The summed E-state index contributed by atoms with van der Waals surface area (Å²) in [5.74, 6) is -0.0214. The first-order chi connectivity index (χ1) is 15.8. The minimum atomic E-state index is -0.966. The zero-order valence-corrected chi connectivity index (χ0v) is 19.6. The van der Waals surface area contributed by atoms with Crippen LogP contribution in [0.3, 0.4) is 0 Å². The van der Waals surface area contributed by atoms with Gasteiger partial charge in [0.2, 0.25) is 0 Å². The van der Waals surface area contributed by atoms with E-state index in [0.29, 0.717) is 11.4 Å². The molecule has 0 aliphatic carbocycles. The van der Waals surface area contributed by atoms with Crippen molar-refractivity contribution in [2.75, 3.05) is 6.61 Å². The number of halogens is 1. The van der Waals surface area contributed by atoms with E-state index in [0.717, 1.165) is 38.9 Å². The van der Waals surface area contributed by atoms with Crippen molar-refractivity contribution in [3.05, 3.63) is 112 Å². The maximum absolute atomic E-state index is 10.7. The topological polar surface area (TPSA) is 53.4 Å². The van der Waals surface area contributed by atoms with Gasteiger partial charge in [-0.2, -0.15) is 0 Å². The molecule has 3 aromatic carbocycles. The van der Waals surface area contributed by atoms with Gasteiger partial charge in [-0.05, 0) is 66.8 Å². The van der Waals surface area contributed by atoms with Crippen molar-refractivity contribution in [1.29, 1.82) is 0 Å². The molecule has 33 heavy (non-hydrogen) atoms. The molecule has 1 atom stereocenters. The fraction of sp³-hybridized carbons (Fsp3) is 0.207. The molecule has 2 N–H and O–H groups in total. The molecule has 0 saturated heterocycles. The first kappa shape index (κ1) is 23.2. The first-order valence-electron chi connectivity index (χ1n) is 11.1. The third-order valence-electron chi connectivity index (χ3n) is 5.85. The quantitative estimate of drug-likeness (QED) is 0.321. The Morgan fingerprint density at radius 3 is 2.52 bits per heavy atom. The fourth-order valence-electron chi connectivity index (χ4n) is 4.25. The van der Waals surface area contributed by atoms with Gasteiger partial charge in [-0.25, -0.2) is 4.98 Å². The molecule has 3 nitrogen and oxygen atoms in total. The summed E-state index contributed by atoms with van der Waals surface area (Å²) in [6, 6.07) is 26.0. The van der Waals surface area contributed by atoms with E-state index in [1.807, 2.05) is 72.8 Å². The number of aromatic nitrogens is 1. The molecule has 0 unspecified atom stereocenters. The molecule has 0 radical (unpaired) electrons. The Kier molecular flexibility index (Phi) is 6.94. The van der Waals surface area contributed by atoms with Crippen molar-refractivity contribution in [2.24, 2.45) is 0 Å². The number of hydrogen-bond acceptors (Lipinski definition) is 3. The molecule has 0 saturated carbocycles. The highest BCUT2D eigenvalue weighted by Gasteiger charge is 2.25. The number of hydrogen-bond donors (Lipinski definition) is 2. The Labute approximate surface area is 200 Å². The van der Waals surface area contributed by atoms with E-state index in [1.165, 1.54) is 0 Å². The smallest absolute Gasteiger partial charge is 0.0843 e. The molecular formula is C29H28ClNO2. The number of nitrogens with zero attached hydrogens (tertiary/aromatic N) is 1. The monoisotopic (exact) mass is 457 g/mol. The summed E-state index contributed by atoms with van der Waals surface area (Å²) in [6.07, 6.45) is 4.61. The summed E-state index contributed by atoms with van der Waals surface area (Å²) < 4.78 is 0. The Morgan fingerprint density at radius 2 is 1.73 bits per heavy atom. The van der Waals surface area contributed by atoms with Crippen LogP contribution >= 0.6 is 11.6 Å². The first-order valence-corrected chi connectivity index (χ1v) is 11.5. The highest BCUT2D eigenvalue weighted by atomic mass is 35.5. The largest absolute Gasteiger partial charge is 0.396 e. The Balaban J connectivity index is 1.67. The van der Waals surface area contributed by atoms with E-state index in [4.69, 9.17) is 16.6 Å². The Hall–Kier alpha value is -2.98. The number of rotatable bonds is 7. The van der Waals surface area contributed by atoms with Crippen LogP contribution in [-0.2, 0) is 5.60 Å². The zero-order valence-electron chi connectivity index (χ0n) is 18.9. The Morgan fingerprint density at radius 1 is 0.939 bits per heavy atom. The van der Waals surface area contributed by atoms with Gasteiger partial charge in [-0.3, -0.25) is 0 Å². The molecular weight excluding hydrogens is 430 g/mol. The maximum Gasteiger partial charge on any atom is 0.0843 e. The molecule has 1 aromatic heterocycles. The van der Waals surface area contributed by atoms with Crippen LogP contribution in [0.15, 0.2) is 78.9 Å². The third-order valence-corrected chi connectivity index (χ3v) is 6.08. The normalized spacial score (nSPS) is 13.0. The van der Waals surface area contributed by atoms with Gasteiger partial charge in [-0.15, -0.1) is 0 Å². The molecule has 4 aromatic rings. The molecule has 4 heteroatoms. The molecule has 168 valence electrons. The second-order valence-electron chi connectivity index (χ2n) is 8.79. The lowest BCUT2D eigenvalue weighted by Crippen LogP contribution is -2.20. The second kappa shape index (κ2) is 9.88. The molecule has 0 amide bonds. The van der Waals surface area contributed by atoms with Gasteiger partial charge in [-0.1, -0.05) is 78.3 Å². The average molecular weight is 458 g/mol. The van der Waals surface area contributed by atoms with Crippen LogP contribution in [0.5, 0.6) is 0 Å². The summed E-state index contributed by atoms with van der Waals surface area (Å²) in [4.78, 5) is 4.69. The van der Waals surface area contributed by atoms with E-state index in [9.17, 15) is 10.2 Å². The Bertz CT molecular complexity index is 1290. The van der Waals surface area contributed by atoms with Crippen molar-refractivity contribution in [1.82, 2.24) is 4.98 Å². The zero-order chi connectivity index (χ0) is 23.4. The van der Waals surface area contributed by atoms with Crippen LogP contribution in [-0.4, -0.2) is 21.8 Å². The SMILES string of the molecule is CC(C)(O)c1ccccc1[C@@H](CCO)c1cccc(/C=C/c2ccc3ccc(Cl)cc3n2)c1. The van der Waals surface area contributed by atoms with Gasteiger partial charge in [0.05, 0.1) is 16.8 Å². The van der Waals surface area contributed by atoms with E-state index in [-0.39, 0.29) is 12.5 Å². The maximum atomic E-state index is 10.7. The van der Waals surface area contributed by atoms with Crippen molar-refractivity contribution in [2.45, 2.75) is 31.8 Å². The van der Waals surface area contributed by atoms with Crippen molar-refractivity contribution in [3.8, 4) is 0 Å². The number of pyridine rings is 1. The van der Waals surface area contributed by atoms with Gasteiger partial charge < -0.3 is 10.2 Å². The van der Waals surface area contributed by atoms with Gasteiger partial charge in [0.15, 0.2) is 0 Å². The summed E-state index contributed by atoms with van der Waals surface area (Å²) in [5, 5.41) is 22.2. The summed E-state index contributed by atoms with van der Waals surface area (Å²) in [5.41, 5.74) is 4.81. The highest BCUT2D eigenvalue weighted by Crippen LogP contribution is 2.35. The van der Waals surface area contributed by atoms with Gasteiger partial charge >= 0.3 is 0 Å². The molecule has 0 spiro atoms. The van der Waals surface area contributed by atoms with Crippen LogP contribution < -0.4 is 0 Å². The second-order valence-corrected chi connectivity index (χ2v) is 9.22. The number of fused-ring (bicyclic) bond motifs is 1. The summed E-state index contributed by atoms with van der Waals surface area (Å²) in [6.45, 7) is 3.66. The predicted molar refractivity (Wildman–Crippen MR) is 137 cm³/mol. The van der Waals surface area contributed by atoms with E-state index in [1.54, 1.807) is 13.8 Å². The van der Waals surface area contributed by atoms with E-state index >= 15 is 0 Å². The van der Waals surface area contributed by atoms with Crippen molar-refractivity contribution >= 4 is 34.7 Å². The van der Waals surface area contributed by atoms with Crippen LogP contribution in [0, 0.1) is 0 Å². The summed E-state index contributed by atoms with van der Waals surface area (Å²) >= 11 is 6.11. The van der Waals surface area contributed by atoms with Gasteiger partial charge in [0.1, 0.15) is 0 Å². The number of aliphatic hydroxyl groups excluding tert-OH is 1. The van der Waals surface area contributed by atoms with Crippen LogP contribution in [0.25, 0.3) is 23.1 Å². The van der Waals surface area contributed by atoms with Crippen LogP contribution in [0.2, 0.25) is 5.02 Å². The molecule has 0 aliphatic rings. The van der Waals surface area contributed by atoms with Crippen LogP contribution in [0.4, 0.5) is 0 Å². The lowest BCUT2D eigenvalue weighted by molar-refractivity contribution is 0.0772. The van der Waals surface area contributed by atoms with Crippen LogP contribution in [0.1, 0.15) is 54.1 Å². The molecule has 0 aliphatic heterocycles. The molecule has 1 heterocycles. The fourth-order valence-corrected chi connectivity index (χ4v) is 4.42. The number of benzene rings is 3. The van der Waals surface area contributed by atoms with E-state index in [2.05, 4.69) is 18.2 Å². The predicted octanol–water partition coefficient (Wildman–Crippen LogP) is 6.80. The molecule has 4 rings (SSSR count). The molecule has 0 bridgehead atoms. The van der Waals surface area contributed by atoms with Gasteiger partial charge in [0, 0.05) is 22.9 Å². The standard InChI is InChI=1S/C29H28ClNO2/c1-29(2,33)27-9-4-3-8-26(27)25(16-17-32)22-7-5-6-20(18-22)10-14-24-15-12-21-11-13-23(30)19-28(21)31-24/h3-15,18-19,25,32-33H,16-17H2,1-2H3/b14-10+/t25-/m0/s1. The highest BCUT2D eigenvalue weighted by molar-refractivity contribution is 6.31. The van der Waals surface area contributed by atoms with Crippen molar-refractivity contribution < 1.29 is 10.2 Å². The third kappa shape index (κ3) is 5.51. The lowest BCUT2D eigenvalue weighted by atomic mass is 9.81.